The monoisotopic (exact) mass is 353 g/mol. The van der Waals surface area contributed by atoms with Crippen molar-refractivity contribution in [3.8, 4) is 17.0 Å². The molecule has 3 aromatic heterocycles. The molecule has 0 unspecified atom stereocenters. The standard InChI is InChI=1S/C18H19N5O3/c1-3-6-22-17(24)13-14(19)10-4-8-21-15(16(10)23-18(13)25)11-9-20-7-5-12(11)26-2/h4-5,7-9H,3,6H2,1-2H3,(H,22,24)(H3,19,23,25). The Bertz CT molecular complexity index is 1030. The summed E-state index contributed by atoms with van der Waals surface area (Å²) in [4.78, 5) is 36.0. The molecule has 8 nitrogen and oxygen atoms in total. The zero-order valence-electron chi connectivity index (χ0n) is 14.5. The lowest BCUT2D eigenvalue weighted by Crippen LogP contribution is -2.31. The first kappa shape index (κ1) is 17.4. The number of carbonyl (C=O) groups excluding carboxylic acids is 1. The molecule has 0 fully saturated rings. The lowest BCUT2D eigenvalue weighted by Gasteiger charge is -2.12. The second-order valence-electron chi connectivity index (χ2n) is 5.66. The van der Waals surface area contributed by atoms with E-state index in [0.29, 0.717) is 34.5 Å². The van der Waals surface area contributed by atoms with Gasteiger partial charge in [0, 0.05) is 30.5 Å². The average molecular weight is 353 g/mol. The highest BCUT2D eigenvalue weighted by Gasteiger charge is 2.20. The van der Waals surface area contributed by atoms with Gasteiger partial charge < -0.3 is 20.8 Å². The number of hydrogen-bond acceptors (Lipinski definition) is 6. The highest BCUT2D eigenvalue weighted by atomic mass is 16.5. The fourth-order valence-corrected chi connectivity index (χ4v) is 2.74. The number of pyridine rings is 3. The van der Waals surface area contributed by atoms with Crippen LogP contribution in [0.15, 0.2) is 35.5 Å². The fourth-order valence-electron chi connectivity index (χ4n) is 2.74. The lowest BCUT2D eigenvalue weighted by molar-refractivity contribution is 0.0953. The van der Waals surface area contributed by atoms with Gasteiger partial charge in [0.25, 0.3) is 11.5 Å². The molecule has 0 saturated heterocycles. The summed E-state index contributed by atoms with van der Waals surface area (Å²) in [6.07, 6.45) is 5.51. The van der Waals surface area contributed by atoms with Crippen LogP contribution in [0.1, 0.15) is 23.7 Å². The molecule has 0 saturated carbocycles. The maximum Gasteiger partial charge on any atom is 0.263 e. The van der Waals surface area contributed by atoms with Crippen molar-refractivity contribution in [3.63, 3.8) is 0 Å². The first-order chi connectivity index (χ1) is 12.6. The normalized spacial score (nSPS) is 10.7. The van der Waals surface area contributed by atoms with Crippen LogP contribution in [0.25, 0.3) is 22.2 Å². The molecular weight excluding hydrogens is 334 g/mol. The van der Waals surface area contributed by atoms with Crippen LogP contribution >= 0.6 is 0 Å². The molecule has 0 atom stereocenters. The molecule has 8 heteroatoms. The van der Waals surface area contributed by atoms with Crippen LogP contribution < -0.4 is 21.3 Å². The van der Waals surface area contributed by atoms with Gasteiger partial charge in [-0.1, -0.05) is 6.92 Å². The summed E-state index contributed by atoms with van der Waals surface area (Å²) in [6, 6.07) is 3.35. The number of nitrogens with two attached hydrogens (primary N) is 1. The largest absolute Gasteiger partial charge is 0.496 e. The summed E-state index contributed by atoms with van der Waals surface area (Å²) >= 11 is 0. The van der Waals surface area contributed by atoms with Crippen molar-refractivity contribution < 1.29 is 9.53 Å². The Balaban J connectivity index is 2.24. The fraction of sp³-hybridized carbons (Fsp3) is 0.222. The lowest BCUT2D eigenvalue weighted by atomic mass is 10.1. The van der Waals surface area contributed by atoms with E-state index in [9.17, 15) is 9.59 Å². The predicted molar refractivity (Wildman–Crippen MR) is 99.2 cm³/mol. The van der Waals surface area contributed by atoms with Crippen molar-refractivity contribution in [1.82, 2.24) is 20.3 Å². The summed E-state index contributed by atoms with van der Waals surface area (Å²) < 4.78 is 5.35. The molecule has 0 aliphatic heterocycles. The smallest absolute Gasteiger partial charge is 0.263 e. The maximum atomic E-state index is 12.5. The van der Waals surface area contributed by atoms with Crippen molar-refractivity contribution in [2.45, 2.75) is 13.3 Å². The number of H-pyrrole nitrogens is 1. The second-order valence-corrected chi connectivity index (χ2v) is 5.66. The van der Waals surface area contributed by atoms with E-state index < -0.39 is 11.5 Å². The Kier molecular flexibility index (Phi) is 4.83. The Labute approximate surface area is 149 Å². The van der Waals surface area contributed by atoms with Crippen molar-refractivity contribution in [2.75, 3.05) is 19.4 Å². The molecule has 3 rings (SSSR count). The SMILES string of the molecule is CCCNC(=O)c1c(N)c2ccnc(-c3cnccc3OC)c2[nH]c1=O. The summed E-state index contributed by atoms with van der Waals surface area (Å²) in [6.45, 7) is 2.39. The third kappa shape index (κ3) is 2.97. The number of carbonyl (C=O) groups is 1. The molecule has 134 valence electrons. The van der Waals surface area contributed by atoms with Gasteiger partial charge in [-0.3, -0.25) is 19.6 Å². The van der Waals surface area contributed by atoms with E-state index >= 15 is 0 Å². The van der Waals surface area contributed by atoms with Crippen LogP contribution in [-0.2, 0) is 0 Å². The van der Waals surface area contributed by atoms with Crippen molar-refractivity contribution in [3.05, 3.63) is 46.6 Å². The predicted octanol–water partition coefficient (Wildman–Crippen LogP) is 1.72. The van der Waals surface area contributed by atoms with Gasteiger partial charge in [-0.2, -0.15) is 0 Å². The van der Waals surface area contributed by atoms with Gasteiger partial charge in [-0.25, -0.2) is 0 Å². The third-order valence-corrected chi connectivity index (χ3v) is 3.99. The van der Waals surface area contributed by atoms with Crippen LogP contribution in [0.4, 0.5) is 5.69 Å². The van der Waals surface area contributed by atoms with E-state index in [0.717, 1.165) is 6.42 Å². The molecule has 1 amide bonds. The molecule has 3 heterocycles. The van der Waals surface area contributed by atoms with Gasteiger partial charge in [0.2, 0.25) is 0 Å². The van der Waals surface area contributed by atoms with Crippen LogP contribution in [0, 0.1) is 0 Å². The number of amides is 1. The molecule has 3 aromatic rings. The van der Waals surface area contributed by atoms with Gasteiger partial charge in [0.15, 0.2) is 0 Å². The highest BCUT2D eigenvalue weighted by molar-refractivity contribution is 6.08. The third-order valence-electron chi connectivity index (χ3n) is 3.99. The molecular formula is C18H19N5O3. The van der Waals surface area contributed by atoms with Crippen LogP contribution in [-0.4, -0.2) is 34.5 Å². The number of rotatable bonds is 5. The molecule has 0 aliphatic rings. The van der Waals surface area contributed by atoms with Gasteiger partial charge in [0.1, 0.15) is 11.3 Å². The Morgan fingerprint density at radius 1 is 1.35 bits per heavy atom. The van der Waals surface area contributed by atoms with Crippen molar-refractivity contribution in [1.29, 1.82) is 0 Å². The highest BCUT2D eigenvalue weighted by Crippen LogP contribution is 2.33. The number of hydrogen-bond donors (Lipinski definition) is 3. The summed E-state index contributed by atoms with van der Waals surface area (Å²) in [7, 11) is 1.54. The number of nitrogens with one attached hydrogen (secondary N) is 2. The van der Waals surface area contributed by atoms with E-state index in [-0.39, 0.29) is 11.3 Å². The number of anilines is 1. The summed E-state index contributed by atoms with van der Waals surface area (Å²) in [5.74, 6) is 0.0639. The van der Waals surface area contributed by atoms with Gasteiger partial charge in [0.05, 0.1) is 29.6 Å². The van der Waals surface area contributed by atoms with Gasteiger partial charge in [-0.05, 0) is 18.6 Å². The minimum Gasteiger partial charge on any atom is -0.496 e. The van der Waals surface area contributed by atoms with E-state index in [1.165, 1.54) is 7.11 Å². The van der Waals surface area contributed by atoms with E-state index in [1.54, 1.807) is 30.7 Å². The number of aromatic nitrogens is 3. The first-order valence-electron chi connectivity index (χ1n) is 8.15. The molecule has 0 bridgehead atoms. The second kappa shape index (κ2) is 7.22. The van der Waals surface area contributed by atoms with Crippen LogP contribution in [0.3, 0.4) is 0 Å². The minimum absolute atomic E-state index is 0.0961. The zero-order chi connectivity index (χ0) is 18.7. The zero-order valence-corrected chi connectivity index (χ0v) is 14.5. The van der Waals surface area contributed by atoms with E-state index in [4.69, 9.17) is 10.5 Å². The topological polar surface area (TPSA) is 123 Å². The quantitative estimate of drug-likeness (QED) is 0.642. The summed E-state index contributed by atoms with van der Waals surface area (Å²) in [5.41, 5.74) is 7.11. The Hall–Kier alpha value is -3.42. The molecule has 26 heavy (non-hydrogen) atoms. The van der Waals surface area contributed by atoms with Crippen molar-refractivity contribution in [2.24, 2.45) is 0 Å². The molecule has 4 N–H and O–H groups in total. The minimum atomic E-state index is -0.569. The number of ether oxygens (including phenoxy) is 1. The molecule has 0 spiro atoms. The Morgan fingerprint density at radius 2 is 2.15 bits per heavy atom. The van der Waals surface area contributed by atoms with Gasteiger partial charge in [-0.15, -0.1) is 0 Å². The van der Waals surface area contributed by atoms with Crippen LogP contribution in [0.2, 0.25) is 0 Å². The van der Waals surface area contributed by atoms with Crippen molar-refractivity contribution >= 4 is 22.5 Å². The average Bonchev–Trinajstić information content (AvgIpc) is 2.66. The number of nitrogens with zero attached hydrogens (tertiary/aromatic N) is 2. The van der Waals surface area contributed by atoms with Crippen LogP contribution in [0.5, 0.6) is 5.75 Å². The number of methoxy groups -OCH3 is 1. The molecule has 0 aliphatic carbocycles. The van der Waals surface area contributed by atoms with E-state index in [1.807, 2.05) is 6.92 Å². The molecule has 0 aromatic carbocycles. The van der Waals surface area contributed by atoms with E-state index in [2.05, 4.69) is 20.3 Å². The Morgan fingerprint density at radius 3 is 2.88 bits per heavy atom. The number of fused-ring (bicyclic) bond motifs is 1. The maximum absolute atomic E-state index is 12.5. The first-order valence-corrected chi connectivity index (χ1v) is 8.15. The number of nitrogen functional groups attached to an aromatic ring is 1. The van der Waals surface area contributed by atoms with Gasteiger partial charge >= 0.3 is 0 Å². The summed E-state index contributed by atoms with van der Waals surface area (Å²) in [5, 5.41) is 3.20. The molecule has 0 radical (unpaired) electrons. The number of aromatic amines is 1.